The van der Waals surface area contributed by atoms with E-state index < -0.39 is 0 Å². The molecule has 72 heavy (non-hydrogen) atoms. The van der Waals surface area contributed by atoms with Gasteiger partial charge in [-0.05, 0) is 108 Å². The van der Waals surface area contributed by atoms with E-state index in [1.165, 1.54) is 38.9 Å². The molecule has 3 heterocycles. The summed E-state index contributed by atoms with van der Waals surface area (Å²) in [6, 6.07) is 81.4. The van der Waals surface area contributed by atoms with Gasteiger partial charge in [0.25, 0.3) is 6.33 Å². The number of rotatable bonds is 7. The van der Waals surface area contributed by atoms with Gasteiger partial charge in [0, 0.05) is 56.1 Å². The van der Waals surface area contributed by atoms with E-state index in [4.69, 9.17) is 9.72 Å². The molecule has 0 amide bonds. The summed E-state index contributed by atoms with van der Waals surface area (Å²) in [7, 11) is 0. The van der Waals surface area contributed by atoms with E-state index in [1.54, 1.807) is 0 Å². The zero-order valence-corrected chi connectivity index (χ0v) is 42.1. The van der Waals surface area contributed by atoms with Crippen molar-refractivity contribution in [2.24, 2.45) is 0 Å². The second-order valence-corrected chi connectivity index (χ2v) is 19.9. The number of nitrogens with zero attached hydrogens (tertiary/aromatic N) is 4. The Morgan fingerprint density at radius 1 is 0.514 bits per heavy atom. The smallest absolute Gasteiger partial charge is 0.268 e. The first-order valence-corrected chi connectivity index (χ1v) is 24.4. The van der Waals surface area contributed by atoms with Gasteiger partial charge in [0.2, 0.25) is 0 Å². The van der Waals surface area contributed by atoms with Crippen LogP contribution in [0.15, 0.2) is 212 Å². The number of benzene rings is 9. The first kappa shape index (κ1) is 43.9. The van der Waals surface area contributed by atoms with E-state index in [2.05, 4.69) is 241 Å². The standard InChI is InChI=1S/C66H46N4O.Pt/c1-66(2,3)44-34-35-67-62(36-44)70-58-31-15-14-24-50(58)51-33-32-47(38-59(51)70)71-46-23-16-22-45(37-46)68-41-69(65-48(42-18-6-4-7-19-42)29-17-30-49(65)43-20-8-5-9-21-43)61-40-57-56(39-60(61)68)63-52-25-10-12-27-54(52)64(57)55-28-13-11-26-53(55)63;/h4-36,39-40,63-64H,1-3H3;/q-2;. The van der Waals surface area contributed by atoms with Crippen molar-refractivity contribution in [2.45, 2.75) is 38.0 Å². The minimum Gasteiger partial charge on any atom is -0.510 e. The van der Waals surface area contributed by atoms with Crippen LogP contribution in [-0.2, 0) is 26.5 Å². The van der Waals surface area contributed by atoms with Crippen LogP contribution in [-0.4, -0.2) is 14.1 Å². The molecule has 15 rings (SSSR count). The summed E-state index contributed by atoms with van der Waals surface area (Å²) in [6.07, 6.45) is 5.86. The van der Waals surface area contributed by atoms with Crippen molar-refractivity contribution in [3.8, 4) is 50.9 Å². The third-order valence-corrected chi connectivity index (χ3v) is 14.8. The molecule has 5 nitrogen and oxygen atoms in total. The minimum absolute atomic E-state index is 0. The molecule has 3 aliphatic carbocycles. The van der Waals surface area contributed by atoms with Crippen LogP contribution in [0.25, 0.3) is 72.3 Å². The maximum atomic E-state index is 6.80. The van der Waals surface area contributed by atoms with E-state index in [0.29, 0.717) is 11.5 Å². The van der Waals surface area contributed by atoms with Crippen LogP contribution < -0.4 is 9.30 Å². The molecule has 0 radical (unpaired) electrons. The Kier molecular flexibility index (Phi) is 10.4. The fraction of sp³-hybridized carbons (Fsp3) is 0.0909. The molecule has 0 spiro atoms. The molecule has 6 heteroatoms. The van der Waals surface area contributed by atoms with Crippen molar-refractivity contribution in [1.29, 1.82) is 0 Å². The summed E-state index contributed by atoms with van der Waals surface area (Å²) < 4.78 is 13.5. The molecule has 2 bridgehead atoms. The zero-order chi connectivity index (χ0) is 47.4. The molecule has 3 aliphatic rings. The third-order valence-electron chi connectivity index (χ3n) is 14.8. The Labute approximate surface area is 433 Å². The number of aromatic nitrogens is 4. The summed E-state index contributed by atoms with van der Waals surface area (Å²) in [4.78, 5) is 4.90. The van der Waals surface area contributed by atoms with E-state index in [0.717, 1.165) is 72.3 Å². The molecule has 0 fully saturated rings. The van der Waals surface area contributed by atoms with Crippen LogP contribution in [0, 0.1) is 18.5 Å². The van der Waals surface area contributed by atoms with Crippen LogP contribution in [0.5, 0.6) is 11.5 Å². The Balaban J connectivity index is 0.00000504. The molecule has 3 aromatic heterocycles. The summed E-state index contributed by atoms with van der Waals surface area (Å²) in [6.45, 7) is 6.70. The van der Waals surface area contributed by atoms with Crippen LogP contribution in [0.4, 0.5) is 0 Å². The fourth-order valence-electron chi connectivity index (χ4n) is 11.5. The zero-order valence-electron chi connectivity index (χ0n) is 39.9. The van der Waals surface area contributed by atoms with Crippen LogP contribution in [0.2, 0.25) is 0 Å². The van der Waals surface area contributed by atoms with Crippen LogP contribution >= 0.6 is 0 Å². The summed E-state index contributed by atoms with van der Waals surface area (Å²) in [5.74, 6) is 2.22. The SMILES string of the molecule is CC(C)(C)c1ccnc(-n2c3[c-]c(Oc4[c-]c(-[n+]5[c-]n(-c6c(-c7ccccc7)cccc6-c6ccccc6)c6cc7c(cc65)C5c6ccccc6C7c6ccccc65)ccc4)ccc3c3ccccc32)c1.[Pt]. The number of hydrogen-bond acceptors (Lipinski definition) is 2. The van der Waals surface area contributed by atoms with Crippen molar-refractivity contribution in [3.05, 3.63) is 270 Å². The van der Waals surface area contributed by atoms with Crippen molar-refractivity contribution in [3.63, 3.8) is 0 Å². The summed E-state index contributed by atoms with van der Waals surface area (Å²) in [5.41, 5.74) is 19.8. The summed E-state index contributed by atoms with van der Waals surface area (Å²) >= 11 is 0. The Bertz CT molecular complexity index is 3980. The third kappa shape index (κ3) is 6.94. The monoisotopic (exact) mass is 1110 g/mol. The predicted octanol–water partition coefficient (Wildman–Crippen LogP) is 15.2. The molecule has 0 N–H and O–H groups in total. The molecular weight excluding hydrogens is 1060 g/mol. The van der Waals surface area contributed by atoms with Gasteiger partial charge in [-0.25, -0.2) is 4.98 Å². The van der Waals surface area contributed by atoms with Crippen molar-refractivity contribution in [1.82, 2.24) is 14.1 Å². The number of imidazole rings is 1. The number of hydrogen-bond donors (Lipinski definition) is 0. The molecule has 12 aromatic rings. The molecule has 0 aliphatic heterocycles. The minimum atomic E-state index is -0.0394. The second kappa shape index (κ2) is 17.0. The Morgan fingerprint density at radius 2 is 1.10 bits per heavy atom. The van der Waals surface area contributed by atoms with Crippen LogP contribution in [0.1, 0.15) is 71.6 Å². The molecule has 0 atom stereocenters. The van der Waals surface area contributed by atoms with E-state index in [9.17, 15) is 0 Å². The van der Waals surface area contributed by atoms with Gasteiger partial charge in [0.15, 0.2) is 0 Å². The molecule has 0 saturated carbocycles. The van der Waals surface area contributed by atoms with E-state index in [-0.39, 0.29) is 38.3 Å². The maximum Gasteiger partial charge on any atom is 0.268 e. The van der Waals surface area contributed by atoms with Gasteiger partial charge < -0.3 is 13.9 Å². The molecular formula is C66H46N4OPt-2. The van der Waals surface area contributed by atoms with Crippen LogP contribution in [0.3, 0.4) is 0 Å². The van der Waals surface area contributed by atoms with Gasteiger partial charge in [-0.1, -0.05) is 172 Å². The number of para-hydroxylation sites is 2. The van der Waals surface area contributed by atoms with Crippen molar-refractivity contribution in [2.75, 3.05) is 0 Å². The van der Waals surface area contributed by atoms with Crippen molar-refractivity contribution < 1.29 is 30.4 Å². The molecule has 0 unspecified atom stereocenters. The normalized spacial score (nSPS) is 14.5. The average molecular weight is 1110 g/mol. The topological polar surface area (TPSA) is 35.9 Å². The number of pyridine rings is 1. The van der Waals surface area contributed by atoms with E-state index >= 15 is 0 Å². The quantitative estimate of drug-likeness (QED) is 0.118. The maximum absolute atomic E-state index is 6.80. The van der Waals surface area contributed by atoms with Crippen molar-refractivity contribution >= 4 is 32.8 Å². The van der Waals surface area contributed by atoms with Gasteiger partial charge in [0.1, 0.15) is 5.82 Å². The van der Waals surface area contributed by atoms with Gasteiger partial charge in [-0.3, -0.25) is 4.57 Å². The largest absolute Gasteiger partial charge is 0.510 e. The molecule has 9 aromatic carbocycles. The molecule has 0 saturated heterocycles. The van der Waals surface area contributed by atoms with Gasteiger partial charge in [-0.15, -0.1) is 29.7 Å². The Morgan fingerprint density at radius 3 is 1.75 bits per heavy atom. The first-order valence-electron chi connectivity index (χ1n) is 24.4. The number of fused-ring (bicyclic) bond motifs is 4. The molecule has 348 valence electrons. The number of ether oxygens (including phenoxy) is 1. The fourth-order valence-corrected chi connectivity index (χ4v) is 11.5. The van der Waals surface area contributed by atoms with Gasteiger partial charge in [0.05, 0.1) is 16.7 Å². The Hall–Kier alpha value is -8.11. The van der Waals surface area contributed by atoms with E-state index in [1.807, 2.05) is 24.4 Å². The second-order valence-electron chi connectivity index (χ2n) is 19.9. The summed E-state index contributed by atoms with van der Waals surface area (Å²) in [5, 5.41) is 2.22. The first-order chi connectivity index (χ1) is 34.9. The van der Waals surface area contributed by atoms with Gasteiger partial charge >= 0.3 is 0 Å². The average Bonchev–Trinajstić information content (AvgIpc) is 3.96. The predicted molar refractivity (Wildman–Crippen MR) is 284 cm³/mol. The van der Waals surface area contributed by atoms with Gasteiger partial charge in [-0.2, -0.15) is 18.2 Å².